The number of benzene rings is 4. The molecule has 4 aromatic carbocycles. The van der Waals surface area contributed by atoms with Crippen molar-refractivity contribution in [3.05, 3.63) is 109 Å². The van der Waals surface area contributed by atoms with E-state index in [-0.39, 0.29) is 41.6 Å². The highest BCUT2D eigenvalue weighted by Crippen LogP contribution is 2.31. The fourth-order valence-corrected chi connectivity index (χ4v) is 7.16. The molecule has 7 rings (SSSR count). The molecule has 1 aliphatic heterocycles. The van der Waals surface area contributed by atoms with Crippen LogP contribution in [-0.4, -0.2) is 96.5 Å². The Morgan fingerprint density at radius 1 is 0.750 bits per heavy atom. The molecule has 1 aliphatic rings. The van der Waals surface area contributed by atoms with E-state index < -0.39 is 11.2 Å². The summed E-state index contributed by atoms with van der Waals surface area (Å²) in [4.78, 5) is 73.5. The number of ether oxygens (including phenoxy) is 1. The molecule has 6 aromatic rings. The third kappa shape index (κ3) is 6.27. The Bertz CT molecular complexity index is 2480. The number of halogens is 1. The van der Waals surface area contributed by atoms with E-state index in [4.69, 9.17) is 4.74 Å². The lowest BCUT2D eigenvalue weighted by Gasteiger charge is -2.28. The van der Waals surface area contributed by atoms with Crippen molar-refractivity contribution in [1.82, 2.24) is 23.7 Å². The van der Waals surface area contributed by atoms with Crippen LogP contribution in [0.15, 0.2) is 81.1 Å². The van der Waals surface area contributed by atoms with Gasteiger partial charge in [0, 0.05) is 48.4 Å². The number of pyridine rings is 1. The first-order chi connectivity index (χ1) is 24.6. The number of hydrogen-bond donors (Lipinski definition) is 1. The number of amides is 2. The van der Waals surface area contributed by atoms with Crippen molar-refractivity contribution in [3.8, 4) is 5.75 Å². The second-order valence-electron chi connectivity index (χ2n) is 13.4. The van der Waals surface area contributed by atoms with Gasteiger partial charge in [-0.1, -0.05) is 24.3 Å². The van der Waals surface area contributed by atoms with Crippen molar-refractivity contribution < 1.29 is 14.3 Å². The van der Waals surface area contributed by atoms with Crippen LogP contribution in [0.3, 0.4) is 0 Å². The molecule has 0 atom stereocenters. The molecule has 0 unspecified atom stereocenters. The fourth-order valence-electron chi connectivity index (χ4n) is 7.16. The van der Waals surface area contributed by atoms with Gasteiger partial charge in [0.05, 0.1) is 34.3 Å². The summed E-state index contributed by atoms with van der Waals surface area (Å²) in [7, 11) is 7.26. The molecule has 13 heteroatoms. The van der Waals surface area contributed by atoms with Crippen molar-refractivity contribution >= 4 is 67.9 Å². The molecule has 3 heterocycles. The maximum atomic E-state index is 14.1. The van der Waals surface area contributed by atoms with Crippen LogP contribution in [-0.2, 0) is 6.54 Å². The third-order valence-corrected chi connectivity index (χ3v) is 9.80. The van der Waals surface area contributed by atoms with Gasteiger partial charge in [-0.25, -0.2) is 4.79 Å². The Hall–Kier alpha value is -5.30. The van der Waals surface area contributed by atoms with Crippen LogP contribution in [0.4, 0.5) is 5.69 Å². The van der Waals surface area contributed by atoms with Crippen LogP contribution in [0, 0.1) is 0 Å². The van der Waals surface area contributed by atoms with Crippen molar-refractivity contribution in [2.75, 3.05) is 66.3 Å². The molecule has 1 N–H and O–H groups in total. The smallest absolute Gasteiger partial charge is 0.336 e. The SMILES string of the molecule is COc1ccc2c(c1)c(=O)c1c(NCCCN(C)CCCN3C(=O)c4cccc5cccc(c45)C3=O)ccc3c(=O)n(CCN(C)C)c(=O)n2c31.Cl. The van der Waals surface area contributed by atoms with E-state index in [0.29, 0.717) is 77.0 Å². The monoisotopic (exact) mass is 724 g/mol. The predicted octanol–water partition coefficient (Wildman–Crippen LogP) is 4.13. The van der Waals surface area contributed by atoms with Gasteiger partial charge in [-0.05, 0) is 94.9 Å². The van der Waals surface area contributed by atoms with Gasteiger partial charge in [0.2, 0.25) is 0 Å². The minimum absolute atomic E-state index is 0. The fraction of sp³-hybridized carbons (Fsp3) is 0.308. The molecule has 2 aromatic heterocycles. The molecular formula is C39H41ClN6O6. The first-order valence-electron chi connectivity index (χ1n) is 17.1. The van der Waals surface area contributed by atoms with Crippen LogP contribution in [0.1, 0.15) is 33.6 Å². The Kier molecular flexibility index (Phi) is 10.3. The summed E-state index contributed by atoms with van der Waals surface area (Å²) in [5.41, 5.74) is 1.15. The summed E-state index contributed by atoms with van der Waals surface area (Å²) in [5, 5.41) is 5.90. The van der Waals surface area contributed by atoms with Gasteiger partial charge in [0.25, 0.3) is 17.4 Å². The van der Waals surface area contributed by atoms with Crippen molar-refractivity contribution in [2.45, 2.75) is 19.4 Å². The summed E-state index contributed by atoms with van der Waals surface area (Å²) in [5.74, 6) is -0.0338. The number of carbonyl (C=O) groups excluding carboxylic acids is 2. The first-order valence-corrected chi connectivity index (χ1v) is 17.1. The third-order valence-electron chi connectivity index (χ3n) is 9.80. The number of aromatic nitrogens is 2. The molecule has 0 bridgehead atoms. The number of nitrogens with zero attached hydrogens (tertiary/aromatic N) is 5. The van der Waals surface area contributed by atoms with Gasteiger partial charge >= 0.3 is 5.69 Å². The molecule has 52 heavy (non-hydrogen) atoms. The average Bonchev–Trinajstić information content (AvgIpc) is 3.13. The lowest BCUT2D eigenvalue weighted by molar-refractivity contribution is 0.0605. The van der Waals surface area contributed by atoms with E-state index in [1.54, 1.807) is 42.5 Å². The van der Waals surface area contributed by atoms with Gasteiger partial charge < -0.3 is 19.9 Å². The maximum absolute atomic E-state index is 14.1. The van der Waals surface area contributed by atoms with E-state index >= 15 is 0 Å². The molecule has 0 fully saturated rings. The molecule has 270 valence electrons. The zero-order chi connectivity index (χ0) is 36.0. The molecule has 2 amide bonds. The number of hydrogen-bond acceptors (Lipinski definition) is 9. The van der Waals surface area contributed by atoms with E-state index in [0.717, 1.165) is 23.7 Å². The molecule has 0 saturated carbocycles. The Labute approximate surface area is 305 Å². The van der Waals surface area contributed by atoms with Crippen LogP contribution in [0.5, 0.6) is 5.75 Å². The van der Waals surface area contributed by atoms with Gasteiger partial charge in [0.1, 0.15) is 5.75 Å². The molecule has 0 aliphatic carbocycles. The van der Waals surface area contributed by atoms with Gasteiger partial charge in [-0.2, -0.15) is 0 Å². The second kappa shape index (κ2) is 14.7. The van der Waals surface area contributed by atoms with E-state index in [2.05, 4.69) is 10.2 Å². The minimum Gasteiger partial charge on any atom is -0.497 e. The van der Waals surface area contributed by atoms with E-state index in [1.807, 2.05) is 50.3 Å². The normalized spacial score (nSPS) is 12.9. The summed E-state index contributed by atoms with van der Waals surface area (Å²) in [6.07, 6.45) is 1.35. The number of carbonyl (C=O) groups is 2. The van der Waals surface area contributed by atoms with Crippen LogP contribution >= 0.6 is 12.4 Å². The number of likely N-dealkylation sites (N-methyl/N-ethyl adjacent to an activating group) is 1. The second-order valence-corrected chi connectivity index (χ2v) is 13.4. The van der Waals surface area contributed by atoms with Crippen LogP contribution < -0.4 is 26.7 Å². The summed E-state index contributed by atoms with van der Waals surface area (Å²) in [6.45, 7) is 2.93. The predicted molar refractivity (Wildman–Crippen MR) is 207 cm³/mol. The Morgan fingerprint density at radius 3 is 2.12 bits per heavy atom. The van der Waals surface area contributed by atoms with Crippen molar-refractivity contribution in [2.24, 2.45) is 0 Å². The molecular weight excluding hydrogens is 684 g/mol. The number of nitrogens with one attached hydrogen (secondary N) is 1. The number of fused-ring (bicyclic) bond motifs is 2. The average molecular weight is 725 g/mol. The lowest BCUT2D eigenvalue weighted by atomic mass is 9.94. The lowest BCUT2D eigenvalue weighted by Crippen LogP contribution is -2.41. The standard InChI is InChI=1S/C39H40N6O6.ClH/c1-41(2)21-22-44-38(49)28-14-15-30(33-34(28)45(39(44)50)31-16-13-25(51-4)23-29(31)35(33)46)40-17-7-18-42(3)19-8-20-43-36(47)26-11-5-9-24-10-6-12-27(32(24)26)37(43)48;/h5-6,9-16,23,40H,7-8,17-22H2,1-4H3;1H. The number of methoxy groups -OCH3 is 1. The number of rotatable bonds is 13. The summed E-state index contributed by atoms with van der Waals surface area (Å²) < 4.78 is 8.11. The highest BCUT2D eigenvalue weighted by Gasteiger charge is 2.32. The van der Waals surface area contributed by atoms with Gasteiger partial charge in [0.15, 0.2) is 5.43 Å². The van der Waals surface area contributed by atoms with Crippen LogP contribution in [0.2, 0.25) is 0 Å². The topological polar surface area (TPSA) is 126 Å². The number of imide groups is 1. The summed E-state index contributed by atoms with van der Waals surface area (Å²) in [6, 6.07) is 19.5. The molecule has 0 spiro atoms. The highest BCUT2D eigenvalue weighted by molar-refractivity contribution is 6.25. The zero-order valence-corrected chi connectivity index (χ0v) is 30.4. The van der Waals surface area contributed by atoms with E-state index in [1.165, 1.54) is 21.0 Å². The van der Waals surface area contributed by atoms with Gasteiger partial charge in [-0.15, -0.1) is 12.4 Å². The van der Waals surface area contributed by atoms with Crippen molar-refractivity contribution in [3.63, 3.8) is 0 Å². The van der Waals surface area contributed by atoms with Gasteiger partial charge in [-0.3, -0.25) is 33.0 Å². The zero-order valence-electron chi connectivity index (χ0n) is 29.6. The Balaban J connectivity index is 0.00000464. The quantitative estimate of drug-likeness (QED) is 0.0811. The first kappa shape index (κ1) is 36.5. The highest BCUT2D eigenvalue weighted by atomic mass is 35.5. The molecule has 0 saturated heterocycles. The van der Waals surface area contributed by atoms with E-state index in [9.17, 15) is 24.0 Å². The maximum Gasteiger partial charge on any atom is 0.336 e. The number of anilines is 1. The largest absolute Gasteiger partial charge is 0.497 e. The minimum atomic E-state index is -0.498. The van der Waals surface area contributed by atoms with Crippen LogP contribution in [0.25, 0.3) is 38.0 Å². The summed E-state index contributed by atoms with van der Waals surface area (Å²) >= 11 is 0. The Morgan fingerprint density at radius 2 is 1.44 bits per heavy atom. The molecule has 12 nitrogen and oxygen atoms in total. The van der Waals surface area contributed by atoms with Crippen molar-refractivity contribution in [1.29, 1.82) is 0 Å². The molecule has 0 radical (unpaired) electrons.